The molecule has 0 spiro atoms. The number of carbonyl (C=O) groups is 2. The molecule has 1 fully saturated rings. The Hall–Kier alpha value is -3.40. The maximum atomic E-state index is 13.6. The van der Waals surface area contributed by atoms with Crippen LogP contribution >= 0.6 is 0 Å². The lowest BCUT2D eigenvalue weighted by Crippen LogP contribution is -2.49. The first-order valence-corrected chi connectivity index (χ1v) is 10.5. The van der Waals surface area contributed by atoms with Gasteiger partial charge in [-0.1, -0.05) is 38.1 Å². The topological polar surface area (TPSA) is 126 Å². The van der Waals surface area contributed by atoms with Gasteiger partial charge in [-0.05, 0) is 17.5 Å². The lowest BCUT2D eigenvalue weighted by atomic mass is 9.85. The van der Waals surface area contributed by atoms with E-state index in [1.807, 2.05) is 45.0 Å². The van der Waals surface area contributed by atoms with Crippen LogP contribution in [-0.2, 0) is 9.59 Å². The van der Waals surface area contributed by atoms with Gasteiger partial charge in [0.05, 0.1) is 29.5 Å². The quantitative estimate of drug-likeness (QED) is 0.628. The van der Waals surface area contributed by atoms with Gasteiger partial charge in [-0.15, -0.1) is 5.10 Å². The monoisotopic (exact) mass is 437 g/mol. The molecule has 2 unspecified atom stereocenters. The van der Waals surface area contributed by atoms with Crippen LogP contribution in [-0.4, -0.2) is 72.5 Å². The average Bonchev–Trinajstić information content (AvgIpc) is 3.39. The molecule has 0 saturated carbocycles. The number of hydrogen-bond donors (Lipinski definition) is 2. The second-order valence-electron chi connectivity index (χ2n) is 9.11. The highest BCUT2D eigenvalue weighted by atomic mass is 16.3. The Balaban J connectivity index is 1.68. The van der Waals surface area contributed by atoms with E-state index in [2.05, 4.69) is 25.6 Å². The number of aliphatic hydroxyl groups excluding tert-OH is 1. The number of aliphatic hydroxyl groups is 1. The zero-order chi connectivity index (χ0) is 23.0. The standard InChI is InChI=1S/C22H27N7O3/c1-22(2,3)19(21(32)28-11-13(30)9-18(28)20(31)23-4)29-12-17(26-27-29)16-10-24-14-7-5-6-8-15(14)25-16/h5-8,10,12-13,18-19,30H,9,11H2,1-4H3,(H,23,31)/t13?,18-,19?/m1/s1. The van der Waals surface area contributed by atoms with E-state index in [1.54, 1.807) is 12.4 Å². The third-order valence-electron chi connectivity index (χ3n) is 5.65. The molecule has 0 aliphatic carbocycles. The molecule has 168 valence electrons. The largest absolute Gasteiger partial charge is 0.391 e. The Bertz CT molecular complexity index is 1150. The summed E-state index contributed by atoms with van der Waals surface area (Å²) in [7, 11) is 1.52. The van der Waals surface area contributed by atoms with Crippen LogP contribution in [0.15, 0.2) is 36.7 Å². The summed E-state index contributed by atoms with van der Waals surface area (Å²) in [5.74, 6) is -0.586. The summed E-state index contributed by atoms with van der Waals surface area (Å²) in [4.78, 5) is 36.4. The minimum atomic E-state index is -0.749. The second kappa shape index (κ2) is 8.27. The Kier molecular flexibility index (Phi) is 5.64. The molecule has 0 bridgehead atoms. The summed E-state index contributed by atoms with van der Waals surface area (Å²) in [5.41, 5.74) is 2.03. The summed E-state index contributed by atoms with van der Waals surface area (Å²) < 4.78 is 1.51. The van der Waals surface area contributed by atoms with Gasteiger partial charge in [0, 0.05) is 20.0 Å². The number of nitrogens with zero attached hydrogens (tertiary/aromatic N) is 6. The normalized spacial score (nSPS) is 19.8. The molecule has 2 aromatic heterocycles. The first-order valence-electron chi connectivity index (χ1n) is 10.5. The average molecular weight is 438 g/mol. The molecule has 2 N–H and O–H groups in total. The zero-order valence-electron chi connectivity index (χ0n) is 18.6. The number of amides is 2. The molecule has 10 heteroatoms. The van der Waals surface area contributed by atoms with E-state index in [0.29, 0.717) is 11.4 Å². The Morgan fingerprint density at radius 2 is 1.91 bits per heavy atom. The Morgan fingerprint density at radius 3 is 2.59 bits per heavy atom. The fraction of sp³-hybridized carbons (Fsp3) is 0.455. The maximum absolute atomic E-state index is 13.6. The lowest BCUT2D eigenvalue weighted by Gasteiger charge is -2.34. The Labute approximate surface area is 185 Å². The van der Waals surface area contributed by atoms with Gasteiger partial charge >= 0.3 is 0 Å². The molecule has 3 heterocycles. The number of rotatable bonds is 4. The number of aromatic nitrogens is 5. The molecule has 3 atom stereocenters. The maximum Gasteiger partial charge on any atom is 0.248 e. The predicted molar refractivity (Wildman–Crippen MR) is 117 cm³/mol. The van der Waals surface area contributed by atoms with E-state index in [-0.39, 0.29) is 24.8 Å². The highest BCUT2D eigenvalue weighted by molar-refractivity contribution is 5.90. The third-order valence-corrected chi connectivity index (χ3v) is 5.65. The van der Waals surface area contributed by atoms with Gasteiger partial charge in [0.15, 0.2) is 0 Å². The van der Waals surface area contributed by atoms with Crippen molar-refractivity contribution in [3.8, 4) is 11.4 Å². The number of nitrogens with one attached hydrogen (secondary N) is 1. The van der Waals surface area contributed by atoms with Gasteiger partial charge in [-0.2, -0.15) is 0 Å². The number of para-hydroxylation sites is 2. The summed E-state index contributed by atoms with van der Waals surface area (Å²) in [5, 5.41) is 21.2. The van der Waals surface area contributed by atoms with E-state index in [0.717, 1.165) is 11.0 Å². The van der Waals surface area contributed by atoms with E-state index in [9.17, 15) is 14.7 Å². The number of likely N-dealkylation sites (tertiary alicyclic amines) is 1. The first kappa shape index (κ1) is 21.8. The SMILES string of the molecule is CNC(=O)[C@H]1CC(O)CN1C(=O)C(n1cc(-c2cnc3ccccc3n2)nn1)C(C)(C)C. The molecule has 32 heavy (non-hydrogen) atoms. The summed E-state index contributed by atoms with van der Waals surface area (Å²) in [6.45, 7) is 5.87. The van der Waals surface area contributed by atoms with Gasteiger partial charge in [0.25, 0.3) is 0 Å². The smallest absolute Gasteiger partial charge is 0.248 e. The number of fused-ring (bicyclic) bond motifs is 1. The van der Waals surface area contributed by atoms with Crippen molar-refractivity contribution in [2.24, 2.45) is 5.41 Å². The van der Waals surface area contributed by atoms with Crippen LogP contribution < -0.4 is 5.32 Å². The zero-order valence-corrected chi connectivity index (χ0v) is 18.6. The van der Waals surface area contributed by atoms with Crippen molar-refractivity contribution < 1.29 is 14.7 Å². The van der Waals surface area contributed by atoms with E-state index < -0.39 is 23.6 Å². The van der Waals surface area contributed by atoms with Crippen LogP contribution in [0.2, 0.25) is 0 Å². The van der Waals surface area contributed by atoms with Crippen molar-refractivity contribution in [1.29, 1.82) is 0 Å². The van der Waals surface area contributed by atoms with Crippen LogP contribution in [0.3, 0.4) is 0 Å². The second-order valence-corrected chi connectivity index (χ2v) is 9.11. The van der Waals surface area contributed by atoms with Crippen LogP contribution in [0.25, 0.3) is 22.4 Å². The highest BCUT2D eigenvalue weighted by Crippen LogP contribution is 2.34. The molecule has 3 aromatic rings. The number of benzene rings is 1. The third kappa shape index (κ3) is 4.05. The molecule has 1 aromatic carbocycles. The molecule has 4 rings (SSSR count). The number of β-amino-alcohol motifs (C(OH)–C–C–N with tert-alkyl or cyclic N) is 1. The van der Waals surface area contributed by atoms with Crippen molar-refractivity contribution in [3.05, 3.63) is 36.7 Å². The molecule has 1 saturated heterocycles. The van der Waals surface area contributed by atoms with Gasteiger partial charge < -0.3 is 15.3 Å². The van der Waals surface area contributed by atoms with Gasteiger partial charge in [-0.25, -0.2) is 9.67 Å². The minimum Gasteiger partial charge on any atom is -0.391 e. The summed E-state index contributed by atoms with van der Waals surface area (Å²) in [6.07, 6.45) is 2.76. The summed E-state index contributed by atoms with van der Waals surface area (Å²) in [6, 6.07) is 6.09. The molecular formula is C22H27N7O3. The van der Waals surface area contributed by atoms with Crippen LogP contribution in [0.4, 0.5) is 0 Å². The van der Waals surface area contributed by atoms with Gasteiger partial charge in [-0.3, -0.25) is 14.6 Å². The fourth-order valence-corrected chi connectivity index (χ4v) is 4.11. The molecule has 1 aliphatic heterocycles. The van der Waals surface area contributed by atoms with E-state index >= 15 is 0 Å². The molecule has 10 nitrogen and oxygen atoms in total. The van der Waals surface area contributed by atoms with Crippen molar-refractivity contribution in [3.63, 3.8) is 0 Å². The van der Waals surface area contributed by atoms with Crippen LogP contribution in [0, 0.1) is 5.41 Å². The Morgan fingerprint density at radius 1 is 1.19 bits per heavy atom. The number of carbonyl (C=O) groups excluding carboxylic acids is 2. The van der Waals surface area contributed by atoms with Crippen molar-refractivity contribution >= 4 is 22.8 Å². The first-order chi connectivity index (χ1) is 15.2. The van der Waals surface area contributed by atoms with Crippen molar-refractivity contribution in [2.45, 2.75) is 45.4 Å². The summed E-state index contributed by atoms with van der Waals surface area (Å²) >= 11 is 0. The highest BCUT2D eigenvalue weighted by Gasteiger charge is 2.45. The van der Waals surface area contributed by atoms with Crippen molar-refractivity contribution in [2.75, 3.05) is 13.6 Å². The fourth-order valence-electron chi connectivity index (χ4n) is 4.11. The van der Waals surface area contributed by atoms with Crippen molar-refractivity contribution in [1.82, 2.24) is 35.2 Å². The molecule has 2 amide bonds. The lowest BCUT2D eigenvalue weighted by molar-refractivity contribution is -0.144. The van der Waals surface area contributed by atoms with Gasteiger partial charge in [0.1, 0.15) is 23.5 Å². The van der Waals surface area contributed by atoms with E-state index in [1.165, 1.54) is 16.6 Å². The number of hydrogen-bond acceptors (Lipinski definition) is 7. The van der Waals surface area contributed by atoms with Crippen LogP contribution in [0.1, 0.15) is 33.2 Å². The molecular weight excluding hydrogens is 410 g/mol. The molecule has 0 radical (unpaired) electrons. The number of likely N-dealkylation sites (N-methyl/N-ethyl adjacent to an activating group) is 1. The molecule has 1 aliphatic rings. The predicted octanol–water partition coefficient (Wildman–Crippen LogP) is 1.18. The minimum absolute atomic E-state index is 0.0984. The van der Waals surface area contributed by atoms with E-state index in [4.69, 9.17) is 0 Å². The van der Waals surface area contributed by atoms with Crippen LogP contribution in [0.5, 0.6) is 0 Å². The van der Waals surface area contributed by atoms with Gasteiger partial charge in [0.2, 0.25) is 11.8 Å².